The van der Waals surface area contributed by atoms with Crippen LogP contribution in [-0.2, 0) is 19.3 Å². The minimum atomic E-state index is 0.597. The fourth-order valence-electron chi connectivity index (χ4n) is 2.89. The van der Waals surface area contributed by atoms with E-state index < -0.39 is 0 Å². The van der Waals surface area contributed by atoms with Crippen LogP contribution in [0.3, 0.4) is 0 Å². The SMILES string of the molecule is CC(C)C(CN)CNCCc1ccc2c(c1)CCC2. The minimum Gasteiger partial charge on any atom is -0.330 e. The van der Waals surface area contributed by atoms with Gasteiger partial charge >= 0.3 is 0 Å². The van der Waals surface area contributed by atoms with Crippen molar-refractivity contribution in [1.82, 2.24) is 5.32 Å². The van der Waals surface area contributed by atoms with Gasteiger partial charge in [-0.1, -0.05) is 32.0 Å². The first-order valence-corrected chi connectivity index (χ1v) is 7.72. The molecule has 0 bridgehead atoms. The van der Waals surface area contributed by atoms with Gasteiger partial charge in [0.05, 0.1) is 0 Å². The quantitative estimate of drug-likeness (QED) is 0.739. The highest BCUT2D eigenvalue weighted by atomic mass is 14.9. The molecule has 2 rings (SSSR count). The summed E-state index contributed by atoms with van der Waals surface area (Å²) < 4.78 is 0. The van der Waals surface area contributed by atoms with Crippen LogP contribution >= 0.6 is 0 Å². The third kappa shape index (κ3) is 4.05. The summed E-state index contributed by atoms with van der Waals surface area (Å²) in [5.74, 6) is 1.26. The van der Waals surface area contributed by atoms with Gasteiger partial charge in [-0.05, 0) is 73.8 Å². The largest absolute Gasteiger partial charge is 0.330 e. The van der Waals surface area contributed by atoms with E-state index in [0.717, 1.165) is 26.1 Å². The molecule has 1 aliphatic rings. The number of rotatable bonds is 7. The number of aryl methyl sites for hydroxylation is 2. The first-order valence-electron chi connectivity index (χ1n) is 7.72. The summed E-state index contributed by atoms with van der Waals surface area (Å²) in [5.41, 5.74) is 10.4. The van der Waals surface area contributed by atoms with Gasteiger partial charge in [0.25, 0.3) is 0 Å². The maximum Gasteiger partial charge on any atom is -0.000588 e. The van der Waals surface area contributed by atoms with Gasteiger partial charge in [-0.15, -0.1) is 0 Å². The molecule has 0 aromatic heterocycles. The summed E-state index contributed by atoms with van der Waals surface area (Å²) >= 11 is 0. The van der Waals surface area contributed by atoms with Crippen molar-refractivity contribution >= 4 is 0 Å². The van der Waals surface area contributed by atoms with Crippen LogP contribution < -0.4 is 11.1 Å². The fourth-order valence-corrected chi connectivity index (χ4v) is 2.89. The number of benzene rings is 1. The third-order valence-electron chi connectivity index (χ3n) is 4.41. The second-order valence-electron chi connectivity index (χ2n) is 6.15. The average molecular weight is 260 g/mol. The Labute approximate surface area is 117 Å². The first-order chi connectivity index (χ1) is 9.20. The monoisotopic (exact) mass is 260 g/mol. The van der Waals surface area contributed by atoms with Crippen LogP contribution in [-0.4, -0.2) is 19.6 Å². The van der Waals surface area contributed by atoms with Crippen molar-refractivity contribution < 1.29 is 0 Å². The smallest absolute Gasteiger partial charge is 0.000588 e. The van der Waals surface area contributed by atoms with E-state index in [1.54, 1.807) is 11.1 Å². The Morgan fingerprint density at radius 3 is 2.74 bits per heavy atom. The standard InChI is InChI=1S/C17H28N2/c1-13(2)17(11-18)12-19-9-8-14-6-7-15-4-3-5-16(15)10-14/h6-7,10,13,17,19H,3-5,8-9,11-12,18H2,1-2H3. The summed E-state index contributed by atoms with van der Waals surface area (Å²) in [5, 5.41) is 3.55. The lowest BCUT2D eigenvalue weighted by molar-refractivity contribution is 0.372. The Morgan fingerprint density at radius 1 is 1.21 bits per heavy atom. The Hall–Kier alpha value is -0.860. The lowest BCUT2D eigenvalue weighted by Crippen LogP contribution is -2.32. The number of hydrogen-bond donors (Lipinski definition) is 2. The Morgan fingerprint density at radius 2 is 2.00 bits per heavy atom. The molecule has 0 aliphatic heterocycles. The number of nitrogens with two attached hydrogens (primary N) is 1. The minimum absolute atomic E-state index is 0.597. The number of fused-ring (bicyclic) bond motifs is 1. The van der Waals surface area contributed by atoms with Gasteiger partial charge in [0.1, 0.15) is 0 Å². The molecule has 1 aromatic carbocycles. The molecule has 0 radical (unpaired) electrons. The molecule has 0 heterocycles. The highest BCUT2D eigenvalue weighted by Gasteiger charge is 2.12. The van der Waals surface area contributed by atoms with Crippen molar-refractivity contribution in [2.45, 2.75) is 39.5 Å². The van der Waals surface area contributed by atoms with Crippen LogP contribution in [0.2, 0.25) is 0 Å². The van der Waals surface area contributed by atoms with E-state index in [0.29, 0.717) is 11.8 Å². The predicted molar refractivity (Wildman–Crippen MR) is 82.4 cm³/mol. The second kappa shape index (κ2) is 7.06. The molecule has 1 unspecified atom stereocenters. The molecule has 0 fully saturated rings. The maximum absolute atomic E-state index is 5.79. The zero-order valence-corrected chi connectivity index (χ0v) is 12.4. The normalized spacial score (nSPS) is 15.8. The molecule has 1 aromatic rings. The molecular weight excluding hydrogens is 232 g/mol. The van der Waals surface area contributed by atoms with Crippen LogP contribution in [0, 0.1) is 11.8 Å². The molecular formula is C17H28N2. The number of hydrogen-bond acceptors (Lipinski definition) is 2. The number of nitrogens with one attached hydrogen (secondary N) is 1. The highest BCUT2D eigenvalue weighted by Crippen LogP contribution is 2.22. The molecule has 106 valence electrons. The van der Waals surface area contributed by atoms with Gasteiger partial charge in [0.15, 0.2) is 0 Å². The van der Waals surface area contributed by atoms with E-state index in [-0.39, 0.29) is 0 Å². The summed E-state index contributed by atoms with van der Waals surface area (Å²) in [6.45, 7) is 7.38. The van der Waals surface area contributed by atoms with Crippen LogP contribution in [0.25, 0.3) is 0 Å². The second-order valence-corrected chi connectivity index (χ2v) is 6.15. The fraction of sp³-hybridized carbons (Fsp3) is 0.647. The highest BCUT2D eigenvalue weighted by molar-refractivity contribution is 5.35. The van der Waals surface area contributed by atoms with Crippen molar-refractivity contribution in [3.8, 4) is 0 Å². The lowest BCUT2D eigenvalue weighted by atomic mass is 9.96. The van der Waals surface area contributed by atoms with E-state index in [2.05, 4.69) is 37.4 Å². The molecule has 0 saturated heterocycles. The van der Waals surface area contributed by atoms with Gasteiger partial charge in [0.2, 0.25) is 0 Å². The molecule has 0 saturated carbocycles. The van der Waals surface area contributed by atoms with E-state index in [4.69, 9.17) is 5.73 Å². The van der Waals surface area contributed by atoms with Crippen LogP contribution in [0.4, 0.5) is 0 Å². The van der Waals surface area contributed by atoms with Gasteiger partial charge in [-0.25, -0.2) is 0 Å². The maximum atomic E-state index is 5.79. The molecule has 0 amide bonds. The molecule has 0 spiro atoms. The van der Waals surface area contributed by atoms with Crippen molar-refractivity contribution in [3.63, 3.8) is 0 Å². The van der Waals surface area contributed by atoms with Crippen molar-refractivity contribution in [2.75, 3.05) is 19.6 Å². The third-order valence-corrected chi connectivity index (χ3v) is 4.41. The zero-order valence-electron chi connectivity index (χ0n) is 12.4. The van der Waals surface area contributed by atoms with E-state index in [9.17, 15) is 0 Å². The summed E-state index contributed by atoms with van der Waals surface area (Å²) in [6.07, 6.45) is 5.02. The topological polar surface area (TPSA) is 38.0 Å². The van der Waals surface area contributed by atoms with Gasteiger partial charge < -0.3 is 11.1 Å². The summed E-state index contributed by atoms with van der Waals surface area (Å²) in [7, 11) is 0. The Balaban J connectivity index is 1.74. The molecule has 1 atom stereocenters. The Kier molecular flexibility index (Phi) is 5.41. The summed E-state index contributed by atoms with van der Waals surface area (Å²) in [4.78, 5) is 0. The van der Waals surface area contributed by atoms with Crippen LogP contribution in [0.1, 0.15) is 37.0 Å². The van der Waals surface area contributed by atoms with E-state index in [1.807, 2.05) is 0 Å². The van der Waals surface area contributed by atoms with Gasteiger partial charge in [0, 0.05) is 0 Å². The van der Waals surface area contributed by atoms with Crippen molar-refractivity contribution in [1.29, 1.82) is 0 Å². The van der Waals surface area contributed by atoms with E-state index >= 15 is 0 Å². The summed E-state index contributed by atoms with van der Waals surface area (Å²) in [6, 6.07) is 7.04. The first kappa shape index (κ1) is 14.5. The van der Waals surface area contributed by atoms with E-state index in [1.165, 1.54) is 24.8 Å². The molecule has 2 heteroatoms. The zero-order chi connectivity index (χ0) is 13.7. The van der Waals surface area contributed by atoms with Crippen LogP contribution in [0.5, 0.6) is 0 Å². The molecule has 19 heavy (non-hydrogen) atoms. The predicted octanol–water partition coefficient (Wildman–Crippen LogP) is 2.54. The Bertz CT molecular complexity index is 398. The molecule has 3 N–H and O–H groups in total. The van der Waals surface area contributed by atoms with Crippen molar-refractivity contribution in [2.24, 2.45) is 17.6 Å². The molecule has 1 aliphatic carbocycles. The molecule has 2 nitrogen and oxygen atoms in total. The van der Waals surface area contributed by atoms with Gasteiger partial charge in [-0.2, -0.15) is 0 Å². The average Bonchev–Trinajstić information content (AvgIpc) is 2.85. The van der Waals surface area contributed by atoms with Crippen LogP contribution in [0.15, 0.2) is 18.2 Å². The van der Waals surface area contributed by atoms with Gasteiger partial charge in [-0.3, -0.25) is 0 Å². The van der Waals surface area contributed by atoms with Crippen molar-refractivity contribution in [3.05, 3.63) is 34.9 Å². The lowest BCUT2D eigenvalue weighted by Gasteiger charge is -2.19.